The quantitative estimate of drug-likeness (QED) is 0.640. The van der Waals surface area contributed by atoms with E-state index in [1.54, 1.807) is 0 Å². The number of nitrogens with zero attached hydrogens (tertiary/aromatic N) is 1. The number of hydrogen-bond donors (Lipinski definition) is 1. The Balaban J connectivity index is 2.21. The summed E-state index contributed by atoms with van der Waals surface area (Å²) in [4.78, 5) is 2.67. The second-order valence-electron chi connectivity index (χ2n) is 5.65. The van der Waals surface area contributed by atoms with Crippen molar-refractivity contribution < 1.29 is 0 Å². The molecule has 0 aliphatic carbocycles. The molecular formula is C14H30N2S. The minimum absolute atomic E-state index is 0.759. The van der Waals surface area contributed by atoms with Crippen molar-refractivity contribution in [2.24, 2.45) is 5.92 Å². The number of nitrogens with one attached hydrogen (secondary N) is 1. The highest BCUT2D eigenvalue weighted by molar-refractivity contribution is 7.98. The van der Waals surface area contributed by atoms with E-state index in [2.05, 4.69) is 30.3 Å². The highest BCUT2D eigenvalue weighted by Gasteiger charge is 2.18. The van der Waals surface area contributed by atoms with Gasteiger partial charge in [0.25, 0.3) is 0 Å². The van der Waals surface area contributed by atoms with Gasteiger partial charge in [0.1, 0.15) is 0 Å². The molecule has 1 N–H and O–H groups in total. The maximum atomic E-state index is 3.62. The van der Waals surface area contributed by atoms with Crippen LogP contribution in [0.5, 0.6) is 0 Å². The van der Waals surface area contributed by atoms with E-state index in [4.69, 9.17) is 0 Å². The molecule has 1 heterocycles. The summed E-state index contributed by atoms with van der Waals surface area (Å²) in [5.41, 5.74) is 0. The molecule has 1 unspecified atom stereocenters. The minimum atomic E-state index is 0.759. The second kappa shape index (κ2) is 9.23. The molecule has 0 spiro atoms. The molecule has 1 saturated heterocycles. The summed E-state index contributed by atoms with van der Waals surface area (Å²) in [6, 6.07) is 0.759. The van der Waals surface area contributed by atoms with Crippen LogP contribution in [0, 0.1) is 5.92 Å². The van der Waals surface area contributed by atoms with Crippen LogP contribution in [0.25, 0.3) is 0 Å². The molecule has 0 aromatic carbocycles. The Morgan fingerprint density at radius 2 is 2.18 bits per heavy atom. The summed E-state index contributed by atoms with van der Waals surface area (Å²) >= 11 is 1.97. The Morgan fingerprint density at radius 3 is 2.76 bits per heavy atom. The van der Waals surface area contributed by atoms with Gasteiger partial charge in [0.15, 0.2) is 0 Å². The van der Waals surface area contributed by atoms with Crippen molar-refractivity contribution in [3.63, 3.8) is 0 Å². The van der Waals surface area contributed by atoms with Gasteiger partial charge in [-0.1, -0.05) is 13.8 Å². The van der Waals surface area contributed by atoms with Crippen molar-refractivity contribution in [1.82, 2.24) is 10.2 Å². The molecule has 0 aromatic heterocycles. The molecule has 1 rings (SSSR count). The molecule has 0 bridgehead atoms. The number of rotatable bonds is 9. The molecule has 0 amide bonds. The fourth-order valence-corrected chi connectivity index (χ4v) is 3.07. The molecule has 17 heavy (non-hydrogen) atoms. The molecule has 102 valence electrons. The Bertz CT molecular complexity index is 179. The maximum absolute atomic E-state index is 3.62. The largest absolute Gasteiger partial charge is 0.313 e. The van der Waals surface area contributed by atoms with Crippen LogP contribution in [-0.2, 0) is 0 Å². The van der Waals surface area contributed by atoms with Crippen LogP contribution in [0.1, 0.15) is 39.5 Å². The molecule has 0 radical (unpaired) electrons. The summed E-state index contributed by atoms with van der Waals surface area (Å²) < 4.78 is 0. The second-order valence-corrected chi connectivity index (χ2v) is 6.63. The SMILES string of the molecule is CSCCCCN(CC(C)C)CC1CCCN1. The third kappa shape index (κ3) is 7.32. The van der Waals surface area contributed by atoms with E-state index in [9.17, 15) is 0 Å². The van der Waals surface area contributed by atoms with Crippen molar-refractivity contribution in [3.8, 4) is 0 Å². The third-order valence-corrected chi connectivity index (χ3v) is 4.03. The van der Waals surface area contributed by atoms with Gasteiger partial charge in [-0.15, -0.1) is 0 Å². The Kier molecular flexibility index (Phi) is 8.33. The molecule has 3 heteroatoms. The highest BCUT2D eigenvalue weighted by Crippen LogP contribution is 2.10. The fraction of sp³-hybridized carbons (Fsp3) is 1.00. The van der Waals surface area contributed by atoms with Gasteiger partial charge in [0.05, 0.1) is 0 Å². The molecule has 0 aromatic rings. The first-order chi connectivity index (χ1) is 8.22. The van der Waals surface area contributed by atoms with Crippen molar-refractivity contribution in [2.45, 2.75) is 45.6 Å². The van der Waals surface area contributed by atoms with Gasteiger partial charge in [-0.3, -0.25) is 0 Å². The van der Waals surface area contributed by atoms with Gasteiger partial charge in [0, 0.05) is 19.1 Å². The summed E-state index contributed by atoms with van der Waals surface area (Å²) in [6.45, 7) is 9.70. The van der Waals surface area contributed by atoms with E-state index in [0.29, 0.717) is 0 Å². The Hall–Kier alpha value is 0.270. The normalized spacial score (nSPS) is 20.6. The Labute approximate surface area is 112 Å². The van der Waals surface area contributed by atoms with Gasteiger partial charge >= 0.3 is 0 Å². The molecule has 1 aliphatic rings. The van der Waals surface area contributed by atoms with E-state index < -0.39 is 0 Å². The van der Waals surface area contributed by atoms with Crippen LogP contribution in [0.15, 0.2) is 0 Å². The van der Waals surface area contributed by atoms with Crippen LogP contribution >= 0.6 is 11.8 Å². The molecule has 1 aliphatic heterocycles. The molecular weight excluding hydrogens is 228 g/mol. The van der Waals surface area contributed by atoms with Gasteiger partial charge in [0.2, 0.25) is 0 Å². The van der Waals surface area contributed by atoms with Crippen LogP contribution in [0.2, 0.25) is 0 Å². The lowest BCUT2D eigenvalue weighted by Gasteiger charge is -2.27. The predicted octanol–water partition coefficient (Wildman–Crippen LogP) is 2.84. The van der Waals surface area contributed by atoms with E-state index >= 15 is 0 Å². The van der Waals surface area contributed by atoms with E-state index in [1.807, 2.05) is 11.8 Å². The van der Waals surface area contributed by atoms with Gasteiger partial charge in [-0.25, -0.2) is 0 Å². The lowest BCUT2D eigenvalue weighted by molar-refractivity contribution is 0.221. The van der Waals surface area contributed by atoms with Crippen molar-refractivity contribution >= 4 is 11.8 Å². The van der Waals surface area contributed by atoms with Crippen LogP contribution in [0.4, 0.5) is 0 Å². The van der Waals surface area contributed by atoms with Crippen LogP contribution in [0.3, 0.4) is 0 Å². The van der Waals surface area contributed by atoms with Gasteiger partial charge < -0.3 is 10.2 Å². The zero-order valence-electron chi connectivity index (χ0n) is 11.9. The minimum Gasteiger partial charge on any atom is -0.313 e. The Morgan fingerprint density at radius 1 is 1.35 bits per heavy atom. The predicted molar refractivity (Wildman–Crippen MR) is 79.9 cm³/mol. The lowest BCUT2D eigenvalue weighted by atomic mass is 10.1. The topological polar surface area (TPSA) is 15.3 Å². The van der Waals surface area contributed by atoms with Crippen molar-refractivity contribution in [2.75, 3.05) is 38.2 Å². The zero-order chi connectivity index (χ0) is 12.5. The van der Waals surface area contributed by atoms with E-state index in [1.165, 1.54) is 57.6 Å². The van der Waals surface area contributed by atoms with Crippen molar-refractivity contribution in [3.05, 3.63) is 0 Å². The summed E-state index contributed by atoms with van der Waals surface area (Å²) in [7, 11) is 0. The summed E-state index contributed by atoms with van der Waals surface area (Å²) in [5, 5.41) is 3.62. The number of hydrogen-bond acceptors (Lipinski definition) is 3. The van der Waals surface area contributed by atoms with Crippen LogP contribution in [-0.4, -0.2) is 49.1 Å². The van der Waals surface area contributed by atoms with Gasteiger partial charge in [-0.2, -0.15) is 11.8 Å². The standard InChI is InChI=1S/C14H30N2S/c1-13(2)11-16(9-4-5-10-17-3)12-14-7-6-8-15-14/h13-15H,4-12H2,1-3H3. The monoisotopic (exact) mass is 258 g/mol. The van der Waals surface area contributed by atoms with Gasteiger partial charge in [-0.05, 0) is 56.7 Å². The summed E-state index contributed by atoms with van der Waals surface area (Å²) in [6.07, 6.45) is 7.68. The third-order valence-electron chi connectivity index (χ3n) is 3.34. The van der Waals surface area contributed by atoms with E-state index in [-0.39, 0.29) is 0 Å². The fourth-order valence-electron chi connectivity index (χ4n) is 2.58. The van der Waals surface area contributed by atoms with E-state index in [0.717, 1.165) is 12.0 Å². The highest BCUT2D eigenvalue weighted by atomic mass is 32.2. The van der Waals surface area contributed by atoms with Crippen LogP contribution < -0.4 is 5.32 Å². The molecule has 2 nitrogen and oxygen atoms in total. The first-order valence-corrected chi connectivity index (χ1v) is 8.56. The molecule has 1 atom stereocenters. The van der Waals surface area contributed by atoms with Crippen molar-refractivity contribution in [1.29, 1.82) is 0 Å². The first-order valence-electron chi connectivity index (χ1n) is 7.17. The zero-order valence-corrected chi connectivity index (χ0v) is 12.7. The lowest BCUT2D eigenvalue weighted by Crippen LogP contribution is -2.39. The number of thioether (sulfide) groups is 1. The molecule has 0 saturated carbocycles. The average Bonchev–Trinajstić information content (AvgIpc) is 2.76. The maximum Gasteiger partial charge on any atom is 0.0195 e. The first kappa shape index (κ1) is 15.3. The molecule has 1 fully saturated rings. The smallest absolute Gasteiger partial charge is 0.0195 e. The average molecular weight is 258 g/mol. The summed E-state index contributed by atoms with van der Waals surface area (Å²) in [5.74, 6) is 2.11. The number of unbranched alkanes of at least 4 members (excludes halogenated alkanes) is 1.